The van der Waals surface area contributed by atoms with Crippen molar-refractivity contribution < 1.29 is 53.4 Å². The first kappa shape index (κ1) is 29.4. The second-order valence-corrected chi connectivity index (χ2v) is 12.4. The van der Waals surface area contributed by atoms with Crippen LogP contribution in [0.1, 0.15) is 57.8 Å². The summed E-state index contributed by atoms with van der Waals surface area (Å²) in [6.07, 6.45) is -7.25. The molecule has 1 aliphatic heterocycles. The van der Waals surface area contributed by atoms with Crippen LogP contribution in [-0.2, 0) is 33.3 Å². The molecular formula is C30H36O11. The maximum atomic E-state index is 14.6. The van der Waals surface area contributed by atoms with Crippen molar-refractivity contribution in [1.29, 1.82) is 0 Å². The van der Waals surface area contributed by atoms with Crippen LogP contribution in [0, 0.1) is 16.7 Å². The van der Waals surface area contributed by atoms with Gasteiger partial charge < -0.3 is 34.3 Å². The highest BCUT2D eigenvalue weighted by atomic mass is 16.6. The van der Waals surface area contributed by atoms with E-state index in [1.807, 2.05) is 0 Å². The Morgan fingerprint density at radius 2 is 1.78 bits per heavy atom. The van der Waals surface area contributed by atoms with Crippen LogP contribution in [0.5, 0.6) is 0 Å². The zero-order valence-corrected chi connectivity index (χ0v) is 23.7. The number of carbonyl (C=O) groups is 4. The average molecular weight is 573 g/mol. The van der Waals surface area contributed by atoms with E-state index in [2.05, 4.69) is 0 Å². The van der Waals surface area contributed by atoms with Gasteiger partial charge in [0.05, 0.1) is 35.7 Å². The summed E-state index contributed by atoms with van der Waals surface area (Å²) in [4.78, 5) is 52.6. The number of ketones is 1. The summed E-state index contributed by atoms with van der Waals surface area (Å²) in [5.74, 6) is -3.63. The van der Waals surface area contributed by atoms with Crippen LogP contribution in [0.4, 0.5) is 0 Å². The molecule has 0 radical (unpaired) electrons. The third-order valence-corrected chi connectivity index (χ3v) is 10.1. The molecule has 3 fully saturated rings. The van der Waals surface area contributed by atoms with Crippen LogP contribution in [0.2, 0.25) is 0 Å². The molecule has 222 valence electrons. The Morgan fingerprint density at radius 1 is 1.12 bits per heavy atom. The zero-order valence-electron chi connectivity index (χ0n) is 23.7. The summed E-state index contributed by atoms with van der Waals surface area (Å²) >= 11 is 0. The molecule has 9 atom stereocenters. The summed E-state index contributed by atoms with van der Waals surface area (Å²) < 4.78 is 23.2. The third kappa shape index (κ3) is 3.93. The van der Waals surface area contributed by atoms with Gasteiger partial charge in [0.25, 0.3) is 6.47 Å². The summed E-state index contributed by atoms with van der Waals surface area (Å²) in [7, 11) is 0. The normalized spacial score (nSPS) is 41.0. The van der Waals surface area contributed by atoms with Crippen LogP contribution in [-0.4, -0.2) is 87.8 Å². The Kier molecular flexibility index (Phi) is 6.97. The van der Waals surface area contributed by atoms with Gasteiger partial charge in [-0.05, 0) is 37.1 Å². The second kappa shape index (κ2) is 9.72. The monoisotopic (exact) mass is 572 g/mol. The molecule has 3 aliphatic carbocycles. The Bertz CT molecular complexity index is 1300. The van der Waals surface area contributed by atoms with Gasteiger partial charge in [0.15, 0.2) is 17.5 Å². The molecule has 4 aliphatic rings. The SMILES string of the molecule is CC(=O)O[C@@]12CO[C@@H]1C[C@H](O)[C@@]1(C)C(=O)C(OC=O)C3=C(C)[C@@H](O)C[C@@](O)([C@H](OC(=O)c4ccccc4)[C@H]21)C3(C)C. The number of aliphatic hydroxyl groups is 3. The van der Waals surface area contributed by atoms with Crippen molar-refractivity contribution in [2.45, 2.75) is 89.2 Å². The summed E-state index contributed by atoms with van der Waals surface area (Å²) in [5.41, 5.74) is -6.36. The lowest BCUT2D eigenvalue weighted by Crippen LogP contribution is -2.81. The Morgan fingerprint density at radius 3 is 2.34 bits per heavy atom. The molecule has 1 unspecified atom stereocenters. The van der Waals surface area contributed by atoms with E-state index in [4.69, 9.17) is 18.9 Å². The summed E-state index contributed by atoms with van der Waals surface area (Å²) in [5, 5.41) is 35.6. The number of hydrogen-bond acceptors (Lipinski definition) is 11. The van der Waals surface area contributed by atoms with Crippen LogP contribution >= 0.6 is 0 Å². The summed E-state index contributed by atoms with van der Waals surface area (Å²) in [6, 6.07) is 8.04. The van der Waals surface area contributed by atoms with Crippen molar-refractivity contribution in [2.75, 3.05) is 6.61 Å². The van der Waals surface area contributed by atoms with E-state index in [9.17, 15) is 34.5 Å². The quantitative estimate of drug-likeness (QED) is 0.201. The highest BCUT2D eigenvalue weighted by Crippen LogP contribution is 2.64. The van der Waals surface area contributed by atoms with Gasteiger partial charge in [-0.3, -0.25) is 14.4 Å². The van der Waals surface area contributed by atoms with E-state index in [-0.39, 0.29) is 37.1 Å². The first-order chi connectivity index (χ1) is 19.2. The highest BCUT2D eigenvalue weighted by Gasteiger charge is 2.78. The fourth-order valence-corrected chi connectivity index (χ4v) is 7.81. The molecule has 2 bridgehead atoms. The lowest BCUT2D eigenvalue weighted by Gasteiger charge is -2.67. The maximum absolute atomic E-state index is 14.6. The molecule has 41 heavy (non-hydrogen) atoms. The van der Waals surface area contributed by atoms with Crippen molar-refractivity contribution >= 4 is 24.2 Å². The highest BCUT2D eigenvalue weighted by molar-refractivity contribution is 5.95. The van der Waals surface area contributed by atoms with Crippen LogP contribution in [0.25, 0.3) is 0 Å². The predicted octanol–water partition coefficient (Wildman–Crippen LogP) is 1.26. The minimum atomic E-state index is -2.10. The fourth-order valence-electron chi connectivity index (χ4n) is 7.81. The molecule has 2 saturated carbocycles. The minimum Gasteiger partial charge on any atom is -0.455 e. The number of carbonyl (C=O) groups excluding carboxylic acids is 4. The number of Topliss-reactive ketones (excluding diaryl/α,β-unsaturated/α-hetero) is 1. The van der Waals surface area contributed by atoms with Crippen molar-refractivity contribution in [1.82, 2.24) is 0 Å². The third-order valence-electron chi connectivity index (χ3n) is 10.1. The van der Waals surface area contributed by atoms with Gasteiger partial charge in [-0.2, -0.15) is 0 Å². The molecule has 1 aromatic rings. The largest absolute Gasteiger partial charge is 0.455 e. The molecule has 0 spiro atoms. The smallest absolute Gasteiger partial charge is 0.338 e. The van der Waals surface area contributed by atoms with Crippen molar-refractivity contribution in [3.05, 3.63) is 47.0 Å². The van der Waals surface area contributed by atoms with Crippen molar-refractivity contribution in [3.63, 3.8) is 0 Å². The molecule has 11 nitrogen and oxygen atoms in total. The Balaban J connectivity index is 1.83. The number of benzene rings is 1. The Hall–Kier alpha value is -3.12. The predicted molar refractivity (Wildman–Crippen MR) is 140 cm³/mol. The topological polar surface area (TPSA) is 166 Å². The first-order valence-electron chi connectivity index (χ1n) is 13.7. The average Bonchev–Trinajstić information content (AvgIpc) is 2.91. The van der Waals surface area contributed by atoms with Crippen LogP contribution < -0.4 is 0 Å². The van der Waals surface area contributed by atoms with Gasteiger partial charge in [-0.25, -0.2) is 4.79 Å². The molecule has 1 aromatic carbocycles. The maximum Gasteiger partial charge on any atom is 0.338 e. The van der Waals surface area contributed by atoms with E-state index in [0.717, 1.165) is 0 Å². The van der Waals surface area contributed by atoms with E-state index in [1.165, 1.54) is 26.0 Å². The molecule has 0 aromatic heterocycles. The number of esters is 2. The number of hydrogen-bond donors (Lipinski definition) is 3. The first-order valence-corrected chi connectivity index (χ1v) is 13.7. The van der Waals surface area contributed by atoms with Gasteiger partial charge in [0, 0.05) is 25.2 Å². The number of aliphatic hydroxyl groups excluding tert-OH is 2. The molecule has 3 N–H and O–H groups in total. The van der Waals surface area contributed by atoms with Gasteiger partial charge >= 0.3 is 11.9 Å². The molecule has 0 amide bonds. The minimum absolute atomic E-state index is 0.109. The molecule has 5 rings (SSSR count). The number of fused-ring (bicyclic) bond motifs is 5. The lowest BCUT2D eigenvalue weighted by atomic mass is 9.44. The van der Waals surface area contributed by atoms with E-state index in [0.29, 0.717) is 5.57 Å². The van der Waals surface area contributed by atoms with Crippen molar-refractivity contribution in [2.24, 2.45) is 16.7 Å². The molecular weight excluding hydrogens is 536 g/mol. The van der Waals surface area contributed by atoms with Crippen LogP contribution in [0.15, 0.2) is 41.5 Å². The number of rotatable bonds is 5. The summed E-state index contributed by atoms with van der Waals surface area (Å²) in [6.45, 7) is 7.35. The standard InChI is InChI=1S/C30H36O11/c1-15-18(33)12-30(37)25(40-26(36)17-9-7-6-8-10-17)23-28(5,24(35)22(39-14-31)21(15)27(30,3)4)19(34)11-20-29(23,13-38-20)41-16(2)32/h6-10,14,18-20,22-23,25,33-34,37H,11-13H2,1-5H3/t18-,19-,20+,22?,23-,25+,28+,29-,30+/m0/s1. The Labute approximate surface area is 237 Å². The fraction of sp³-hybridized carbons (Fsp3) is 0.600. The molecule has 1 saturated heterocycles. The van der Waals surface area contributed by atoms with Gasteiger partial charge in [0.1, 0.15) is 17.8 Å². The van der Waals surface area contributed by atoms with E-state index in [1.54, 1.807) is 39.0 Å². The van der Waals surface area contributed by atoms with Gasteiger partial charge in [-0.15, -0.1) is 0 Å². The molecule has 1 heterocycles. The van der Waals surface area contributed by atoms with Gasteiger partial charge in [-0.1, -0.05) is 32.0 Å². The zero-order chi connectivity index (χ0) is 30.1. The van der Waals surface area contributed by atoms with Crippen LogP contribution in [0.3, 0.4) is 0 Å². The second-order valence-electron chi connectivity index (χ2n) is 12.4. The lowest BCUT2D eigenvalue weighted by molar-refractivity contribution is -0.345. The van der Waals surface area contributed by atoms with Gasteiger partial charge in [0.2, 0.25) is 0 Å². The van der Waals surface area contributed by atoms with E-state index < -0.39 is 76.2 Å². The number of ether oxygens (including phenoxy) is 4. The van der Waals surface area contributed by atoms with E-state index >= 15 is 0 Å². The van der Waals surface area contributed by atoms with Crippen molar-refractivity contribution in [3.8, 4) is 0 Å². The molecule has 11 heteroatoms.